The maximum Gasteiger partial charge on any atom is 0.123 e. The Bertz CT molecular complexity index is 828. The van der Waals surface area contributed by atoms with Crippen LogP contribution < -0.4 is 0 Å². The van der Waals surface area contributed by atoms with Gasteiger partial charge in [0.2, 0.25) is 0 Å². The first-order valence-corrected chi connectivity index (χ1v) is 7.09. The highest BCUT2D eigenvalue weighted by molar-refractivity contribution is 5.88. The summed E-state index contributed by atoms with van der Waals surface area (Å²) in [6.07, 6.45) is 0. The van der Waals surface area contributed by atoms with Crippen LogP contribution in [0.25, 0.3) is 21.5 Å². The molecule has 0 aromatic heterocycles. The number of rotatable bonds is 0. The molecule has 0 spiro atoms. The van der Waals surface area contributed by atoms with Gasteiger partial charge in [-0.25, -0.2) is 0 Å². The Morgan fingerprint density at radius 2 is 0.783 bits per heavy atom. The zero-order chi connectivity index (χ0) is 15.4. The number of aromatic hydroxyl groups is 2. The molecule has 0 atom stereocenters. The van der Waals surface area contributed by atoms with Crippen LogP contribution in [-0.4, -0.2) is 15.7 Å². The molecule has 0 amide bonds. The van der Waals surface area contributed by atoms with Gasteiger partial charge in [0.05, 0.1) is 0 Å². The normalized spacial score (nSPS) is 9.74. The van der Waals surface area contributed by atoms with Gasteiger partial charge in [-0.3, -0.25) is 0 Å². The number of hydrogen-bond acceptors (Lipinski definition) is 2. The minimum Gasteiger partial charge on any atom is -0.507 e. The summed E-state index contributed by atoms with van der Waals surface area (Å²) < 4.78 is 0. The second-order valence-electron chi connectivity index (χ2n) is 5.00. The monoisotopic (exact) mass is 306 g/mol. The topological polar surface area (TPSA) is 72.0 Å². The molecule has 0 unspecified atom stereocenters. The van der Waals surface area contributed by atoms with Gasteiger partial charge in [-0.2, -0.15) is 0 Å². The predicted molar refractivity (Wildman–Crippen MR) is 94.8 cm³/mol. The molecule has 0 aliphatic heterocycles. The van der Waals surface area contributed by atoms with Crippen molar-refractivity contribution >= 4 is 21.5 Å². The number of phenolic OH excluding ortho intramolecular Hbond substituents is 2. The smallest absolute Gasteiger partial charge is 0.123 e. The van der Waals surface area contributed by atoms with Crippen LogP contribution in [0, 0.1) is 0 Å². The highest BCUT2D eigenvalue weighted by atomic mass is 16.3. The van der Waals surface area contributed by atoms with Gasteiger partial charge in [-0.15, -0.1) is 0 Å². The summed E-state index contributed by atoms with van der Waals surface area (Å²) in [5.41, 5.74) is 0. The van der Waals surface area contributed by atoms with Crippen molar-refractivity contribution < 1.29 is 15.7 Å². The Balaban J connectivity index is 0.000000160. The van der Waals surface area contributed by atoms with E-state index in [2.05, 4.69) is 0 Å². The molecular formula is C20H18O3. The van der Waals surface area contributed by atoms with Crippen LogP contribution in [-0.2, 0) is 0 Å². The summed E-state index contributed by atoms with van der Waals surface area (Å²) >= 11 is 0. The highest BCUT2D eigenvalue weighted by Gasteiger charge is 1.95. The molecule has 23 heavy (non-hydrogen) atoms. The van der Waals surface area contributed by atoms with Crippen molar-refractivity contribution in [2.75, 3.05) is 0 Å². The van der Waals surface area contributed by atoms with Crippen LogP contribution in [0.4, 0.5) is 0 Å². The van der Waals surface area contributed by atoms with E-state index < -0.39 is 0 Å². The van der Waals surface area contributed by atoms with Crippen molar-refractivity contribution in [3.63, 3.8) is 0 Å². The zero-order valence-electron chi connectivity index (χ0n) is 12.5. The minimum absolute atomic E-state index is 0. The molecule has 0 saturated heterocycles. The first-order chi connectivity index (χ1) is 10.8. The second kappa shape index (κ2) is 7.29. The molecule has 0 bridgehead atoms. The lowest BCUT2D eigenvalue weighted by Gasteiger charge is -1.97. The van der Waals surface area contributed by atoms with E-state index in [1.54, 1.807) is 12.1 Å². The van der Waals surface area contributed by atoms with E-state index in [9.17, 15) is 10.2 Å². The van der Waals surface area contributed by atoms with Crippen molar-refractivity contribution in [3.05, 3.63) is 84.9 Å². The Morgan fingerprint density at radius 3 is 1.17 bits per heavy atom. The highest BCUT2D eigenvalue weighted by Crippen LogP contribution is 2.23. The van der Waals surface area contributed by atoms with Gasteiger partial charge in [-0.1, -0.05) is 72.8 Å². The third-order valence-electron chi connectivity index (χ3n) is 3.53. The summed E-state index contributed by atoms with van der Waals surface area (Å²) in [6, 6.07) is 26.6. The maximum absolute atomic E-state index is 9.37. The number of phenols is 2. The summed E-state index contributed by atoms with van der Waals surface area (Å²) in [5, 5.41) is 22.7. The average molecular weight is 306 g/mol. The van der Waals surface area contributed by atoms with Crippen molar-refractivity contribution in [1.29, 1.82) is 0 Å². The fraction of sp³-hybridized carbons (Fsp3) is 0. The quantitative estimate of drug-likeness (QED) is 0.509. The first kappa shape index (κ1) is 16.3. The molecule has 4 aromatic carbocycles. The molecule has 0 aliphatic carbocycles. The van der Waals surface area contributed by atoms with Gasteiger partial charge in [0.25, 0.3) is 0 Å². The molecule has 3 heteroatoms. The van der Waals surface area contributed by atoms with Crippen LogP contribution in [0.2, 0.25) is 0 Å². The van der Waals surface area contributed by atoms with Crippen molar-refractivity contribution in [2.45, 2.75) is 0 Å². The molecule has 0 fully saturated rings. The van der Waals surface area contributed by atoms with E-state index in [-0.39, 0.29) is 5.48 Å². The fourth-order valence-corrected chi connectivity index (χ4v) is 2.42. The standard InChI is InChI=1S/2C10H8O.H2O/c2*11-10-7-3-5-8-4-1-2-6-9(8)10;/h2*1-7,11H;1H2. The van der Waals surface area contributed by atoms with E-state index in [1.807, 2.05) is 72.8 Å². The SMILES string of the molecule is O.Oc1cccc2ccccc12.Oc1cccc2ccccc12. The van der Waals surface area contributed by atoms with Crippen LogP contribution in [0.3, 0.4) is 0 Å². The lowest BCUT2D eigenvalue weighted by molar-refractivity contribution is 0.481. The van der Waals surface area contributed by atoms with Crippen LogP contribution in [0.1, 0.15) is 0 Å². The van der Waals surface area contributed by atoms with Crippen LogP contribution in [0.15, 0.2) is 84.9 Å². The minimum atomic E-state index is 0. The van der Waals surface area contributed by atoms with Crippen molar-refractivity contribution in [3.8, 4) is 11.5 Å². The summed E-state index contributed by atoms with van der Waals surface area (Å²) in [4.78, 5) is 0. The summed E-state index contributed by atoms with van der Waals surface area (Å²) in [5.74, 6) is 0.700. The predicted octanol–water partition coefficient (Wildman–Crippen LogP) is 4.27. The maximum atomic E-state index is 9.37. The van der Waals surface area contributed by atoms with E-state index in [0.717, 1.165) is 21.5 Å². The third-order valence-corrected chi connectivity index (χ3v) is 3.53. The summed E-state index contributed by atoms with van der Waals surface area (Å²) in [6.45, 7) is 0. The Morgan fingerprint density at radius 1 is 0.435 bits per heavy atom. The fourth-order valence-electron chi connectivity index (χ4n) is 2.42. The lowest BCUT2D eigenvalue weighted by Crippen LogP contribution is -1.70. The summed E-state index contributed by atoms with van der Waals surface area (Å²) in [7, 11) is 0. The Labute approximate surface area is 134 Å². The molecule has 3 nitrogen and oxygen atoms in total. The van der Waals surface area contributed by atoms with Crippen molar-refractivity contribution in [2.24, 2.45) is 0 Å². The molecule has 0 radical (unpaired) electrons. The molecule has 4 N–H and O–H groups in total. The second-order valence-corrected chi connectivity index (χ2v) is 5.00. The molecule has 0 saturated carbocycles. The largest absolute Gasteiger partial charge is 0.507 e. The van der Waals surface area contributed by atoms with Gasteiger partial charge in [0, 0.05) is 10.8 Å². The third kappa shape index (κ3) is 3.59. The van der Waals surface area contributed by atoms with Gasteiger partial charge in [-0.05, 0) is 22.9 Å². The van der Waals surface area contributed by atoms with Gasteiger partial charge in [0.1, 0.15) is 11.5 Å². The molecular weight excluding hydrogens is 288 g/mol. The Hall–Kier alpha value is -3.04. The zero-order valence-corrected chi connectivity index (χ0v) is 12.5. The number of benzene rings is 4. The van der Waals surface area contributed by atoms with E-state index in [4.69, 9.17) is 0 Å². The molecule has 0 heterocycles. The van der Waals surface area contributed by atoms with Gasteiger partial charge < -0.3 is 15.7 Å². The lowest BCUT2D eigenvalue weighted by atomic mass is 10.1. The van der Waals surface area contributed by atoms with Crippen LogP contribution >= 0.6 is 0 Å². The Kier molecular flexibility index (Phi) is 5.18. The molecule has 4 rings (SSSR count). The van der Waals surface area contributed by atoms with E-state index >= 15 is 0 Å². The number of fused-ring (bicyclic) bond motifs is 2. The van der Waals surface area contributed by atoms with E-state index in [1.165, 1.54) is 0 Å². The number of hydrogen-bond donors (Lipinski definition) is 2. The first-order valence-electron chi connectivity index (χ1n) is 7.09. The van der Waals surface area contributed by atoms with E-state index in [0.29, 0.717) is 11.5 Å². The van der Waals surface area contributed by atoms with Crippen LogP contribution in [0.5, 0.6) is 11.5 Å². The molecule has 0 aliphatic rings. The van der Waals surface area contributed by atoms with Gasteiger partial charge >= 0.3 is 0 Å². The average Bonchev–Trinajstić information content (AvgIpc) is 2.57. The van der Waals surface area contributed by atoms with Gasteiger partial charge in [0.15, 0.2) is 0 Å². The molecule has 4 aromatic rings. The molecule has 116 valence electrons. The van der Waals surface area contributed by atoms with Crippen molar-refractivity contribution in [1.82, 2.24) is 0 Å².